The number of fused-ring (bicyclic) bond motifs is 1. The van der Waals surface area contributed by atoms with E-state index in [0.29, 0.717) is 36.0 Å². The van der Waals surface area contributed by atoms with Crippen molar-refractivity contribution in [1.82, 2.24) is 14.5 Å². The fourth-order valence-corrected chi connectivity index (χ4v) is 4.35. The van der Waals surface area contributed by atoms with Crippen LogP contribution in [0.3, 0.4) is 0 Å². The Bertz CT molecular complexity index is 1170. The number of aromatic nitrogens is 3. The van der Waals surface area contributed by atoms with E-state index in [4.69, 9.17) is 9.72 Å². The molecular formula is C22H21FN4O2S. The molecule has 2 aromatic carbocycles. The number of aryl methyl sites for hydroxylation is 2. The van der Waals surface area contributed by atoms with Gasteiger partial charge in [0.2, 0.25) is 0 Å². The summed E-state index contributed by atoms with van der Waals surface area (Å²) < 4.78 is 22.1. The summed E-state index contributed by atoms with van der Waals surface area (Å²) in [7, 11) is 1.60. The maximum atomic E-state index is 13.7. The number of benzene rings is 2. The largest absolute Gasteiger partial charge is 0.494 e. The predicted octanol–water partition coefficient (Wildman–Crippen LogP) is 4.69. The van der Waals surface area contributed by atoms with E-state index in [1.54, 1.807) is 30.6 Å². The maximum Gasteiger partial charge on any atom is 0.260 e. The van der Waals surface area contributed by atoms with Gasteiger partial charge in [-0.25, -0.2) is 14.4 Å². The van der Waals surface area contributed by atoms with Crippen molar-refractivity contribution in [3.8, 4) is 5.75 Å². The topological polar surface area (TPSA) is 60.2 Å². The normalized spacial score (nSPS) is 11.0. The third-order valence-corrected chi connectivity index (χ3v) is 6.03. The first-order valence-corrected chi connectivity index (χ1v) is 10.4. The molecule has 0 bridgehead atoms. The van der Waals surface area contributed by atoms with Crippen molar-refractivity contribution in [2.45, 2.75) is 19.9 Å². The molecule has 0 saturated heterocycles. The van der Waals surface area contributed by atoms with E-state index < -0.39 is 5.82 Å². The molecule has 8 heteroatoms. The monoisotopic (exact) mass is 424 g/mol. The minimum absolute atomic E-state index is 0.282. The molecule has 1 amide bonds. The number of hydrogen-bond acceptors (Lipinski definition) is 5. The highest BCUT2D eigenvalue weighted by Gasteiger charge is 2.23. The van der Waals surface area contributed by atoms with Gasteiger partial charge in [-0.3, -0.25) is 9.69 Å². The zero-order valence-corrected chi connectivity index (χ0v) is 17.5. The van der Waals surface area contributed by atoms with Gasteiger partial charge in [-0.2, -0.15) is 0 Å². The van der Waals surface area contributed by atoms with Gasteiger partial charge < -0.3 is 9.30 Å². The quantitative estimate of drug-likeness (QED) is 0.432. The zero-order valence-electron chi connectivity index (χ0n) is 16.7. The van der Waals surface area contributed by atoms with Crippen LogP contribution in [0.2, 0.25) is 0 Å². The Morgan fingerprint density at radius 1 is 1.30 bits per heavy atom. The molecule has 0 aliphatic rings. The average molecular weight is 425 g/mol. The molecular weight excluding hydrogens is 403 g/mol. The molecule has 0 radical (unpaired) electrons. The van der Waals surface area contributed by atoms with Gasteiger partial charge in [-0.05, 0) is 43.2 Å². The second-order valence-electron chi connectivity index (χ2n) is 6.88. The summed E-state index contributed by atoms with van der Waals surface area (Å²) in [6, 6.07) is 9.58. The van der Waals surface area contributed by atoms with Crippen LogP contribution in [0.1, 0.15) is 22.3 Å². The summed E-state index contributed by atoms with van der Waals surface area (Å²) in [6.45, 7) is 3.15. The SMILES string of the molecule is COc1ccc(C)c2sc(N(CCCn3ccnc3)C(=O)c3cccc(F)c3)nc12. The van der Waals surface area contributed by atoms with Gasteiger partial charge in [0.05, 0.1) is 18.1 Å². The van der Waals surface area contributed by atoms with E-state index >= 15 is 0 Å². The molecule has 0 fully saturated rings. The number of hydrogen-bond donors (Lipinski definition) is 0. The molecule has 0 unspecified atom stereocenters. The third kappa shape index (κ3) is 4.04. The Morgan fingerprint density at radius 3 is 2.90 bits per heavy atom. The molecule has 0 aliphatic heterocycles. The molecule has 2 aromatic heterocycles. The molecule has 6 nitrogen and oxygen atoms in total. The van der Waals surface area contributed by atoms with E-state index in [-0.39, 0.29) is 5.91 Å². The minimum atomic E-state index is -0.443. The Balaban J connectivity index is 1.69. The van der Waals surface area contributed by atoms with Crippen LogP contribution >= 0.6 is 11.3 Å². The van der Waals surface area contributed by atoms with E-state index in [2.05, 4.69) is 4.98 Å². The molecule has 30 heavy (non-hydrogen) atoms. The standard InChI is InChI=1S/C22H21FN4O2S/c1-15-7-8-18(29-2)19-20(15)30-22(25-19)27(11-4-10-26-12-9-24-14-26)21(28)16-5-3-6-17(23)13-16/h3,5-9,12-14H,4,10-11H2,1-2H3. The van der Waals surface area contributed by atoms with Crippen LogP contribution in [-0.2, 0) is 6.54 Å². The number of halogens is 1. The van der Waals surface area contributed by atoms with Crippen LogP contribution < -0.4 is 9.64 Å². The van der Waals surface area contributed by atoms with Crippen molar-refractivity contribution in [2.75, 3.05) is 18.6 Å². The fourth-order valence-electron chi connectivity index (χ4n) is 3.27. The van der Waals surface area contributed by atoms with Crippen molar-refractivity contribution in [1.29, 1.82) is 0 Å². The molecule has 2 heterocycles. The molecule has 0 atom stereocenters. The number of carbonyl (C=O) groups is 1. The van der Waals surface area contributed by atoms with Crippen LogP contribution in [0.4, 0.5) is 9.52 Å². The molecule has 4 aromatic rings. The van der Waals surface area contributed by atoms with Crippen LogP contribution in [0.15, 0.2) is 55.1 Å². The average Bonchev–Trinajstić information content (AvgIpc) is 3.42. The van der Waals surface area contributed by atoms with Gasteiger partial charge in [-0.1, -0.05) is 23.5 Å². The first kappa shape index (κ1) is 20.0. The predicted molar refractivity (Wildman–Crippen MR) is 116 cm³/mol. The van der Waals surface area contributed by atoms with E-state index in [1.165, 1.54) is 29.5 Å². The number of ether oxygens (including phenoxy) is 1. The van der Waals surface area contributed by atoms with E-state index in [1.807, 2.05) is 29.8 Å². The molecule has 0 saturated carbocycles. The lowest BCUT2D eigenvalue weighted by Crippen LogP contribution is -2.32. The van der Waals surface area contributed by atoms with Crippen LogP contribution in [0.25, 0.3) is 10.2 Å². The van der Waals surface area contributed by atoms with Crippen LogP contribution in [0, 0.1) is 12.7 Å². The zero-order chi connectivity index (χ0) is 21.1. The summed E-state index contributed by atoms with van der Waals surface area (Å²) in [6.07, 6.45) is 6.04. The minimum Gasteiger partial charge on any atom is -0.494 e. The third-order valence-electron chi connectivity index (χ3n) is 4.82. The first-order chi connectivity index (χ1) is 14.6. The van der Waals surface area contributed by atoms with Crippen molar-refractivity contribution >= 4 is 32.6 Å². The fraction of sp³-hybridized carbons (Fsp3) is 0.227. The van der Waals surface area contributed by atoms with Gasteiger partial charge in [-0.15, -0.1) is 0 Å². The number of imidazole rings is 1. The van der Waals surface area contributed by atoms with Gasteiger partial charge in [0.15, 0.2) is 5.13 Å². The maximum absolute atomic E-state index is 13.7. The Labute approximate surface area is 177 Å². The highest BCUT2D eigenvalue weighted by atomic mass is 32.1. The van der Waals surface area contributed by atoms with Crippen molar-refractivity contribution in [3.05, 3.63) is 72.1 Å². The molecule has 4 rings (SSSR count). The number of carbonyl (C=O) groups excluding carboxylic acids is 1. The number of anilines is 1. The second kappa shape index (κ2) is 8.62. The molecule has 0 spiro atoms. The Kier molecular flexibility index (Phi) is 5.76. The van der Waals surface area contributed by atoms with Crippen molar-refractivity contribution < 1.29 is 13.9 Å². The lowest BCUT2D eigenvalue weighted by molar-refractivity contribution is 0.0986. The summed E-state index contributed by atoms with van der Waals surface area (Å²) >= 11 is 1.44. The van der Waals surface area contributed by atoms with Crippen LogP contribution in [0.5, 0.6) is 5.75 Å². The Morgan fingerprint density at radius 2 is 2.17 bits per heavy atom. The lowest BCUT2D eigenvalue weighted by atomic mass is 10.2. The van der Waals surface area contributed by atoms with E-state index in [9.17, 15) is 9.18 Å². The van der Waals surface area contributed by atoms with Crippen LogP contribution in [-0.4, -0.2) is 34.1 Å². The molecule has 154 valence electrons. The second-order valence-corrected chi connectivity index (χ2v) is 7.86. The number of amides is 1. The van der Waals surface area contributed by atoms with Gasteiger partial charge in [0.25, 0.3) is 5.91 Å². The van der Waals surface area contributed by atoms with Gasteiger partial charge >= 0.3 is 0 Å². The van der Waals surface area contributed by atoms with Gasteiger partial charge in [0.1, 0.15) is 17.1 Å². The van der Waals surface area contributed by atoms with Crippen molar-refractivity contribution in [2.24, 2.45) is 0 Å². The summed E-state index contributed by atoms with van der Waals surface area (Å²) in [4.78, 5) is 23.7. The summed E-state index contributed by atoms with van der Waals surface area (Å²) in [5, 5.41) is 0.567. The number of nitrogens with zero attached hydrogens (tertiary/aromatic N) is 4. The number of methoxy groups -OCH3 is 1. The lowest BCUT2D eigenvalue weighted by Gasteiger charge is -2.20. The Hall–Kier alpha value is -3.26. The number of thiazole rings is 1. The summed E-state index contributed by atoms with van der Waals surface area (Å²) in [5.41, 5.74) is 2.08. The highest BCUT2D eigenvalue weighted by Crippen LogP contribution is 2.37. The van der Waals surface area contributed by atoms with Gasteiger partial charge in [0, 0.05) is 31.0 Å². The highest BCUT2D eigenvalue weighted by molar-refractivity contribution is 7.22. The number of rotatable bonds is 7. The first-order valence-electron chi connectivity index (χ1n) is 9.54. The molecule has 0 N–H and O–H groups in total. The molecule has 0 aliphatic carbocycles. The summed E-state index contributed by atoms with van der Waals surface area (Å²) in [5.74, 6) is -0.0634. The smallest absolute Gasteiger partial charge is 0.260 e. The van der Waals surface area contributed by atoms with Crippen molar-refractivity contribution in [3.63, 3.8) is 0 Å². The van der Waals surface area contributed by atoms with E-state index in [0.717, 1.165) is 15.8 Å².